The lowest BCUT2D eigenvalue weighted by atomic mass is 10.2. The van der Waals surface area contributed by atoms with E-state index in [1.165, 1.54) is 6.07 Å². The van der Waals surface area contributed by atoms with Crippen molar-refractivity contribution in [3.63, 3.8) is 0 Å². The van der Waals surface area contributed by atoms with E-state index in [4.69, 9.17) is 0 Å². The SMILES string of the molecule is CC1CSc2cc(F)ccc2N1C. The monoisotopic (exact) mass is 197 g/mol. The highest BCUT2D eigenvalue weighted by molar-refractivity contribution is 7.99. The van der Waals surface area contributed by atoms with Gasteiger partial charge in [-0.3, -0.25) is 0 Å². The fourth-order valence-corrected chi connectivity index (χ4v) is 2.65. The van der Waals surface area contributed by atoms with Gasteiger partial charge >= 0.3 is 0 Å². The maximum Gasteiger partial charge on any atom is 0.124 e. The van der Waals surface area contributed by atoms with Crippen LogP contribution in [0.5, 0.6) is 0 Å². The first-order valence-corrected chi connectivity index (χ1v) is 5.32. The van der Waals surface area contributed by atoms with Gasteiger partial charge in [-0.2, -0.15) is 0 Å². The minimum atomic E-state index is -0.144. The Kier molecular flexibility index (Phi) is 2.20. The summed E-state index contributed by atoms with van der Waals surface area (Å²) in [6.07, 6.45) is 0. The summed E-state index contributed by atoms with van der Waals surface area (Å²) in [6, 6.07) is 5.52. The van der Waals surface area contributed by atoms with Crippen molar-refractivity contribution in [2.75, 3.05) is 17.7 Å². The number of rotatable bonds is 0. The summed E-state index contributed by atoms with van der Waals surface area (Å²) in [5, 5.41) is 0. The lowest BCUT2D eigenvalue weighted by molar-refractivity contribution is 0.622. The summed E-state index contributed by atoms with van der Waals surface area (Å²) >= 11 is 1.73. The van der Waals surface area contributed by atoms with Gasteiger partial charge in [0.2, 0.25) is 0 Å². The van der Waals surface area contributed by atoms with Gasteiger partial charge in [0.25, 0.3) is 0 Å². The molecule has 1 aromatic rings. The zero-order valence-electron chi connectivity index (χ0n) is 7.75. The van der Waals surface area contributed by atoms with Crippen LogP contribution in [0.3, 0.4) is 0 Å². The molecule has 1 unspecified atom stereocenters. The Morgan fingerprint density at radius 1 is 1.54 bits per heavy atom. The second-order valence-electron chi connectivity index (χ2n) is 3.38. The Balaban J connectivity index is 2.44. The molecule has 0 bridgehead atoms. The summed E-state index contributed by atoms with van der Waals surface area (Å²) in [6.45, 7) is 2.18. The first kappa shape index (κ1) is 8.88. The quantitative estimate of drug-likeness (QED) is 0.629. The maximum atomic E-state index is 12.9. The predicted molar refractivity (Wildman–Crippen MR) is 55.0 cm³/mol. The van der Waals surface area contributed by atoms with Crippen molar-refractivity contribution in [2.45, 2.75) is 17.9 Å². The van der Waals surface area contributed by atoms with E-state index in [1.807, 2.05) is 6.07 Å². The third kappa shape index (κ3) is 1.53. The standard InChI is InChI=1S/C10H12FNS/c1-7-6-13-10-5-8(11)3-4-9(10)12(7)2/h3-5,7H,6H2,1-2H3. The molecule has 1 atom stereocenters. The van der Waals surface area contributed by atoms with E-state index >= 15 is 0 Å². The molecule has 13 heavy (non-hydrogen) atoms. The molecule has 3 heteroatoms. The topological polar surface area (TPSA) is 3.24 Å². The number of hydrogen-bond donors (Lipinski definition) is 0. The van der Waals surface area contributed by atoms with Gasteiger partial charge in [0.15, 0.2) is 0 Å². The fourth-order valence-electron chi connectivity index (χ4n) is 1.45. The molecule has 70 valence electrons. The summed E-state index contributed by atoms with van der Waals surface area (Å²) in [4.78, 5) is 3.26. The Morgan fingerprint density at radius 3 is 3.08 bits per heavy atom. The zero-order valence-corrected chi connectivity index (χ0v) is 8.57. The summed E-state index contributed by atoms with van der Waals surface area (Å²) in [5.74, 6) is 0.890. The first-order valence-electron chi connectivity index (χ1n) is 4.33. The minimum Gasteiger partial charge on any atom is -0.370 e. The van der Waals surface area contributed by atoms with Gasteiger partial charge in [0, 0.05) is 23.7 Å². The molecule has 0 spiro atoms. The van der Waals surface area contributed by atoms with Crippen molar-refractivity contribution < 1.29 is 4.39 Å². The second-order valence-corrected chi connectivity index (χ2v) is 4.44. The van der Waals surface area contributed by atoms with Crippen molar-refractivity contribution in [1.29, 1.82) is 0 Å². The number of nitrogens with zero attached hydrogens (tertiary/aromatic N) is 1. The van der Waals surface area contributed by atoms with E-state index in [2.05, 4.69) is 18.9 Å². The van der Waals surface area contributed by atoms with Crippen LogP contribution in [0.15, 0.2) is 23.1 Å². The fraction of sp³-hybridized carbons (Fsp3) is 0.400. The van der Waals surface area contributed by atoms with Crippen molar-refractivity contribution in [2.24, 2.45) is 0 Å². The van der Waals surface area contributed by atoms with Crippen molar-refractivity contribution in [3.8, 4) is 0 Å². The van der Waals surface area contributed by atoms with Gasteiger partial charge in [-0.05, 0) is 25.1 Å². The molecule has 0 saturated carbocycles. The summed E-state index contributed by atoms with van der Waals surface area (Å²) in [7, 11) is 2.06. The van der Waals surface area contributed by atoms with Gasteiger partial charge < -0.3 is 4.90 Å². The molecule has 1 aromatic carbocycles. The minimum absolute atomic E-state index is 0.144. The molecule has 1 aliphatic rings. The number of thioether (sulfide) groups is 1. The average molecular weight is 197 g/mol. The molecule has 1 aliphatic heterocycles. The van der Waals surface area contributed by atoms with Gasteiger partial charge in [-0.25, -0.2) is 4.39 Å². The third-order valence-corrected chi connectivity index (χ3v) is 3.73. The van der Waals surface area contributed by atoms with Crippen LogP contribution in [0, 0.1) is 5.82 Å². The number of halogens is 1. The molecule has 0 aliphatic carbocycles. The Hall–Kier alpha value is -0.700. The lowest BCUT2D eigenvalue weighted by Gasteiger charge is -2.33. The molecule has 0 N–H and O–H groups in total. The number of fused-ring (bicyclic) bond motifs is 1. The van der Waals surface area contributed by atoms with Crippen LogP contribution in [-0.4, -0.2) is 18.8 Å². The molecule has 0 amide bonds. The Bertz CT molecular complexity index is 327. The van der Waals surface area contributed by atoms with Crippen LogP contribution in [0.2, 0.25) is 0 Å². The molecule has 1 heterocycles. The average Bonchev–Trinajstić information content (AvgIpc) is 2.12. The van der Waals surface area contributed by atoms with Crippen molar-refractivity contribution in [1.82, 2.24) is 0 Å². The van der Waals surface area contributed by atoms with Crippen LogP contribution in [0.25, 0.3) is 0 Å². The van der Waals surface area contributed by atoms with Gasteiger partial charge in [0.05, 0.1) is 5.69 Å². The molecule has 0 fully saturated rings. The van der Waals surface area contributed by atoms with E-state index in [0.29, 0.717) is 6.04 Å². The molecule has 1 nitrogen and oxygen atoms in total. The summed E-state index contributed by atoms with van der Waals surface area (Å²) < 4.78 is 12.9. The highest BCUT2D eigenvalue weighted by Crippen LogP contribution is 2.36. The smallest absolute Gasteiger partial charge is 0.124 e. The van der Waals surface area contributed by atoms with Gasteiger partial charge in [-0.1, -0.05) is 0 Å². The molecular formula is C10H12FNS. The second kappa shape index (κ2) is 3.22. The Labute approximate surface area is 81.9 Å². The van der Waals surface area contributed by atoms with Crippen LogP contribution < -0.4 is 4.90 Å². The van der Waals surface area contributed by atoms with Crippen molar-refractivity contribution in [3.05, 3.63) is 24.0 Å². The van der Waals surface area contributed by atoms with Crippen LogP contribution >= 0.6 is 11.8 Å². The predicted octanol–water partition coefficient (Wildman–Crippen LogP) is 2.76. The zero-order chi connectivity index (χ0) is 9.42. The molecule has 0 saturated heterocycles. The molecular weight excluding hydrogens is 185 g/mol. The largest absolute Gasteiger partial charge is 0.370 e. The van der Waals surface area contributed by atoms with Gasteiger partial charge in [0.1, 0.15) is 5.82 Å². The van der Waals surface area contributed by atoms with E-state index in [9.17, 15) is 4.39 Å². The highest BCUT2D eigenvalue weighted by Gasteiger charge is 2.20. The molecule has 0 aromatic heterocycles. The van der Waals surface area contributed by atoms with Crippen molar-refractivity contribution >= 4 is 17.4 Å². The number of hydrogen-bond acceptors (Lipinski definition) is 2. The van der Waals surface area contributed by atoms with Crippen LogP contribution in [0.1, 0.15) is 6.92 Å². The van der Waals surface area contributed by atoms with E-state index in [0.717, 1.165) is 16.3 Å². The highest BCUT2D eigenvalue weighted by atomic mass is 32.2. The van der Waals surface area contributed by atoms with E-state index in [-0.39, 0.29) is 5.82 Å². The Morgan fingerprint density at radius 2 is 2.31 bits per heavy atom. The normalized spacial score (nSPS) is 21.5. The molecule has 0 radical (unpaired) electrons. The van der Waals surface area contributed by atoms with Crippen LogP contribution in [-0.2, 0) is 0 Å². The summed E-state index contributed by atoms with van der Waals surface area (Å²) in [5.41, 5.74) is 1.14. The van der Waals surface area contributed by atoms with Crippen LogP contribution in [0.4, 0.5) is 10.1 Å². The van der Waals surface area contributed by atoms with Gasteiger partial charge in [-0.15, -0.1) is 11.8 Å². The lowest BCUT2D eigenvalue weighted by Crippen LogP contribution is -2.33. The first-order chi connectivity index (χ1) is 6.18. The van der Waals surface area contributed by atoms with E-state index < -0.39 is 0 Å². The number of benzene rings is 1. The maximum absolute atomic E-state index is 12.9. The van der Waals surface area contributed by atoms with E-state index in [1.54, 1.807) is 17.8 Å². The molecule has 2 rings (SSSR count). The third-order valence-electron chi connectivity index (χ3n) is 2.44. The number of anilines is 1.